The Labute approximate surface area is 140 Å². The summed E-state index contributed by atoms with van der Waals surface area (Å²) < 4.78 is 0. The first-order valence-electron chi connectivity index (χ1n) is 8.14. The summed E-state index contributed by atoms with van der Waals surface area (Å²) >= 11 is 0. The molecule has 0 amide bonds. The van der Waals surface area contributed by atoms with Gasteiger partial charge in [0.15, 0.2) is 0 Å². The lowest BCUT2D eigenvalue weighted by molar-refractivity contribution is 0.106. The van der Waals surface area contributed by atoms with Crippen LogP contribution in [0.4, 0.5) is 0 Å². The van der Waals surface area contributed by atoms with E-state index in [0.717, 1.165) is 36.2 Å². The molecule has 4 rings (SSSR count). The van der Waals surface area contributed by atoms with Gasteiger partial charge in [-0.1, -0.05) is 12.1 Å². The monoisotopic (exact) mass is 321 g/mol. The van der Waals surface area contributed by atoms with Gasteiger partial charge in [0, 0.05) is 37.6 Å². The van der Waals surface area contributed by atoms with Crippen molar-refractivity contribution in [2.24, 2.45) is 4.99 Å². The molecule has 2 aliphatic rings. The molecule has 0 saturated carbocycles. The summed E-state index contributed by atoms with van der Waals surface area (Å²) in [6, 6.07) is 7.09. The van der Waals surface area contributed by atoms with Gasteiger partial charge in [-0.15, -0.1) is 0 Å². The Hall–Kier alpha value is -2.82. The fraction of sp³-hybridized carbons (Fsp3) is 0.263. The van der Waals surface area contributed by atoms with Crippen molar-refractivity contribution in [1.29, 1.82) is 0 Å². The number of carbonyl (C=O) groups is 1. The van der Waals surface area contributed by atoms with Crippen LogP contribution in [0.5, 0.6) is 5.75 Å². The van der Waals surface area contributed by atoms with Crippen LogP contribution in [-0.4, -0.2) is 46.6 Å². The number of H-pyrrole nitrogens is 1. The summed E-state index contributed by atoms with van der Waals surface area (Å²) in [5, 5.41) is 9.31. The van der Waals surface area contributed by atoms with Crippen LogP contribution < -0.4 is 0 Å². The van der Waals surface area contributed by atoms with Crippen LogP contribution in [0.1, 0.15) is 27.2 Å². The van der Waals surface area contributed by atoms with Crippen LogP contribution >= 0.6 is 0 Å². The van der Waals surface area contributed by atoms with Gasteiger partial charge in [0.05, 0.1) is 5.69 Å². The number of nitrogens with zero attached hydrogens (tertiary/aromatic N) is 2. The first-order chi connectivity index (χ1) is 11.6. The number of nitrogens with one attached hydrogen (secondary N) is 1. The smallest absolute Gasteiger partial charge is 0.227 e. The number of allylic oxidation sites excluding steroid dienone is 1. The largest absolute Gasteiger partial charge is 0.508 e. The van der Waals surface area contributed by atoms with Gasteiger partial charge in [-0.05, 0) is 42.2 Å². The van der Waals surface area contributed by atoms with E-state index in [1.54, 1.807) is 12.1 Å². The lowest BCUT2D eigenvalue weighted by Gasteiger charge is -2.30. The number of ketones is 1. The number of aromatic nitrogens is 1. The first kappa shape index (κ1) is 14.8. The Kier molecular flexibility index (Phi) is 3.49. The van der Waals surface area contributed by atoms with E-state index in [-0.39, 0.29) is 11.5 Å². The lowest BCUT2D eigenvalue weighted by atomic mass is 9.91. The van der Waals surface area contributed by atoms with Crippen molar-refractivity contribution in [1.82, 2.24) is 9.88 Å². The predicted octanol–water partition coefficient (Wildman–Crippen LogP) is 2.43. The summed E-state index contributed by atoms with van der Waals surface area (Å²) in [5.41, 5.74) is 5.61. The van der Waals surface area contributed by atoms with Gasteiger partial charge in [0.2, 0.25) is 5.78 Å². The Morgan fingerprint density at radius 2 is 2.08 bits per heavy atom. The number of phenolic OH excluding ortho intramolecular Hbond substituents is 1. The van der Waals surface area contributed by atoms with Gasteiger partial charge in [-0.25, -0.2) is 0 Å². The highest BCUT2D eigenvalue weighted by Gasteiger charge is 2.32. The maximum Gasteiger partial charge on any atom is 0.227 e. The molecule has 2 N–H and O–H groups in total. The molecule has 1 aromatic heterocycles. The second-order valence-corrected chi connectivity index (χ2v) is 6.28. The quantitative estimate of drug-likeness (QED) is 0.912. The third-order valence-electron chi connectivity index (χ3n) is 4.70. The molecule has 0 unspecified atom stereocenters. The fourth-order valence-electron chi connectivity index (χ4n) is 3.32. The minimum absolute atomic E-state index is 0.0268. The highest BCUT2D eigenvalue weighted by molar-refractivity contribution is 6.52. The van der Waals surface area contributed by atoms with Gasteiger partial charge < -0.3 is 15.0 Å². The van der Waals surface area contributed by atoms with Gasteiger partial charge >= 0.3 is 0 Å². The number of carbonyl (C=O) groups excluding carboxylic acids is 1. The van der Waals surface area contributed by atoms with E-state index in [1.807, 2.05) is 24.4 Å². The zero-order valence-electron chi connectivity index (χ0n) is 13.5. The van der Waals surface area contributed by atoms with Crippen LogP contribution in [0, 0.1) is 0 Å². The molecule has 0 bridgehead atoms. The highest BCUT2D eigenvalue weighted by atomic mass is 16.3. The maximum atomic E-state index is 12.7. The summed E-state index contributed by atoms with van der Waals surface area (Å²) in [5.74, 6) is 0.230. The van der Waals surface area contributed by atoms with E-state index in [0.29, 0.717) is 18.0 Å². The number of hydrogen-bond acceptors (Lipinski definition) is 4. The van der Waals surface area contributed by atoms with Crippen LogP contribution in [-0.2, 0) is 12.8 Å². The summed E-state index contributed by atoms with van der Waals surface area (Å²) in [7, 11) is 2.05. The number of benzene rings is 1. The van der Waals surface area contributed by atoms with Gasteiger partial charge in [-0.2, -0.15) is 0 Å². The average Bonchev–Trinajstić information content (AvgIpc) is 3.01. The highest BCUT2D eigenvalue weighted by Crippen LogP contribution is 2.34. The Morgan fingerprint density at radius 3 is 2.88 bits per heavy atom. The normalized spacial score (nSPS) is 17.9. The third-order valence-corrected chi connectivity index (χ3v) is 4.70. The Bertz CT molecular complexity index is 859. The number of Topliss-reactive ketones (excluding diaryl/α,β-unsaturated/α-hetero) is 1. The molecule has 0 spiro atoms. The number of aromatic hydroxyl groups is 1. The molecule has 1 aliphatic heterocycles. The van der Waals surface area contributed by atoms with Crippen LogP contribution in [0.15, 0.2) is 41.5 Å². The second-order valence-electron chi connectivity index (χ2n) is 6.28. The molecule has 1 aromatic carbocycles. The van der Waals surface area contributed by atoms with Gasteiger partial charge in [-0.3, -0.25) is 9.79 Å². The number of rotatable bonds is 3. The van der Waals surface area contributed by atoms with Crippen molar-refractivity contribution >= 4 is 17.2 Å². The molecule has 0 saturated heterocycles. The van der Waals surface area contributed by atoms with Crippen molar-refractivity contribution in [3.8, 4) is 5.75 Å². The number of aliphatic imine (C=N–C) groups is 1. The Morgan fingerprint density at radius 1 is 1.29 bits per heavy atom. The van der Waals surface area contributed by atoms with E-state index in [1.165, 1.54) is 5.56 Å². The summed E-state index contributed by atoms with van der Waals surface area (Å²) in [4.78, 5) is 22.5. The molecular formula is C19H19N3O2. The topological polar surface area (TPSA) is 68.7 Å². The maximum absolute atomic E-state index is 12.7. The third kappa shape index (κ3) is 2.42. The minimum atomic E-state index is -0.0268. The van der Waals surface area contributed by atoms with Crippen molar-refractivity contribution in [2.45, 2.75) is 12.8 Å². The number of aromatic amines is 1. The zero-order valence-corrected chi connectivity index (χ0v) is 13.5. The SMILES string of the molecule is CN1CCc2c[nH]c3c2C1=CC(=NCCc1ccc(O)cc1)C3=O. The zero-order chi connectivity index (χ0) is 16.7. The number of hydrogen-bond donors (Lipinski definition) is 2. The molecule has 0 radical (unpaired) electrons. The molecule has 2 aromatic rings. The molecule has 24 heavy (non-hydrogen) atoms. The van der Waals surface area contributed by atoms with Crippen molar-refractivity contribution in [3.63, 3.8) is 0 Å². The molecule has 0 fully saturated rings. The van der Waals surface area contributed by atoms with E-state index in [9.17, 15) is 9.90 Å². The first-order valence-corrected chi connectivity index (χ1v) is 8.14. The van der Waals surface area contributed by atoms with E-state index >= 15 is 0 Å². The molecule has 0 atom stereocenters. The van der Waals surface area contributed by atoms with Crippen molar-refractivity contribution < 1.29 is 9.90 Å². The minimum Gasteiger partial charge on any atom is -0.508 e. The standard InChI is InChI=1S/C19H19N3O2/c1-22-9-7-13-11-21-18-17(13)16(22)10-15(19(18)24)20-8-6-12-2-4-14(23)5-3-12/h2-5,10-11,21,23H,6-9H2,1H3. The van der Waals surface area contributed by atoms with E-state index in [4.69, 9.17) is 0 Å². The van der Waals surface area contributed by atoms with Crippen LogP contribution in [0.2, 0.25) is 0 Å². The molecule has 5 heteroatoms. The molecule has 5 nitrogen and oxygen atoms in total. The molecule has 1 aliphatic carbocycles. The molecule has 2 heterocycles. The summed E-state index contributed by atoms with van der Waals surface area (Å²) in [6.07, 6.45) is 5.56. The second kappa shape index (κ2) is 5.67. The van der Waals surface area contributed by atoms with Crippen molar-refractivity contribution in [2.75, 3.05) is 20.1 Å². The molecular weight excluding hydrogens is 302 g/mol. The van der Waals surface area contributed by atoms with E-state index < -0.39 is 0 Å². The van der Waals surface area contributed by atoms with Gasteiger partial charge in [0.1, 0.15) is 11.5 Å². The van der Waals surface area contributed by atoms with Crippen LogP contribution in [0.25, 0.3) is 5.70 Å². The fourth-order valence-corrected chi connectivity index (χ4v) is 3.32. The van der Waals surface area contributed by atoms with Gasteiger partial charge in [0.25, 0.3) is 0 Å². The number of phenols is 1. The molecule has 122 valence electrons. The average molecular weight is 321 g/mol. The summed E-state index contributed by atoms with van der Waals surface area (Å²) in [6.45, 7) is 1.49. The number of likely N-dealkylation sites (N-methyl/N-ethyl adjacent to an activating group) is 1. The van der Waals surface area contributed by atoms with E-state index in [2.05, 4.69) is 21.9 Å². The predicted molar refractivity (Wildman–Crippen MR) is 93.5 cm³/mol. The Balaban J connectivity index is 1.58. The van der Waals surface area contributed by atoms with Crippen molar-refractivity contribution in [3.05, 3.63) is 58.9 Å². The van der Waals surface area contributed by atoms with Crippen LogP contribution in [0.3, 0.4) is 0 Å². The lowest BCUT2D eigenvalue weighted by Crippen LogP contribution is -2.31.